The summed E-state index contributed by atoms with van der Waals surface area (Å²) >= 11 is 0. The van der Waals surface area contributed by atoms with Gasteiger partial charge >= 0.3 is 0 Å². The molecule has 0 atom stereocenters. The van der Waals surface area contributed by atoms with Gasteiger partial charge in [-0.25, -0.2) is 0 Å². The Labute approximate surface area is 302 Å². The van der Waals surface area contributed by atoms with Gasteiger partial charge in [0.15, 0.2) is 5.84 Å². The van der Waals surface area contributed by atoms with Gasteiger partial charge in [0.05, 0.1) is 6.54 Å². The lowest BCUT2D eigenvalue weighted by Crippen LogP contribution is -2.49. The molecule has 51 heavy (non-hydrogen) atoms. The molecule has 5 aromatic rings. The Morgan fingerprint density at radius 1 is 0.784 bits per heavy atom. The van der Waals surface area contributed by atoms with Crippen molar-refractivity contribution in [3.63, 3.8) is 0 Å². The molecular formula is C45H47N5O. The fraction of sp³-hybridized carbons (Fsp3) is 0.267. The highest BCUT2D eigenvalue weighted by atomic mass is 16.2. The van der Waals surface area contributed by atoms with Crippen LogP contribution in [0.1, 0.15) is 79.7 Å². The van der Waals surface area contributed by atoms with E-state index in [1.807, 2.05) is 29.2 Å². The van der Waals surface area contributed by atoms with Crippen molar-refractivity contribution >= 4 is 17.6 Å². The Morgan fingerprint density at radius 3 is 1.84 bits per heavy atom. The second kappa shape index (κ2) is 14.8. The molecule has 0 radical (unpaired) electrons. The van der Waals surface area contributed by atoms with Crippen LogP contribution in [0.4, 0.5) is 0 Å². The van der Waals surface area contributed by atoms with Crippen molar-refractivity contribution in [1.29, 1.82) is 0 Å². The molecule has 1 heterocycles. The number of nitrogens with zero attached hydrogens (tertiary/aromatic N) is 4. The minimum absolute atomic E-state index is 0.186. The number of hydrogen-bond acceptors (Lipinski definition) is 4. The number of carbonyl (C=O) groups excluding carboxylic acids is 1. The minimum atomic E-state index is -0.741. The van der Waals surface area contributed by atoms with Gasteiger partial charge in [-0.15, -0.1) is 0 Å². The largest absolute Gasteiger partial charge is 0.340 e. The summed E-state index contributed by atoms with van der Waals surface area (Å²) in [6.07, 6.45) is 6.85. The second-order valence-corrected chi connectivity index (χ2v) is 13.8. The molecule has 2 N–H and O–H groups in total. The first-order chi connectivity index (χ1) is 25.0. The van der Waals surface area contributed by atoms with Crippen LogP contribution in [-0.2, 0) is 16.9 Å². The zero-order chi connectivity index (χ0) is 35.3. The predicted molar refractivity (Wildman–Crippen MR) is 208 cm³/mol. The fourth-order valence-electron chi connectivity index (χ4n) is 8.21. The quantitative estimate of drug-likeness (QED) is 0.0500. The van der Waals surface area contributed by atoms with Crippen molar-refractivity contribution in [2.45, 2.75) is 69.5 Å². The average Bonchev–Trinajstić information content (AvgIpc) is 3.77. The molecule has 1 spiro atoms. The number of carbonyl (C=O) groups is 1. The molecule has 1 aliphatic heterocycles. The van der Waals surface area contributed by atoms with Gasteiger partial charge in [-0.3, -0.25) is 14.7 Å². The van der Waals surface area contributed by atoms with Crippen molar-refractivity contribution in [3.8, 4) is 11.1 Å². The van der Waals surface area contributed by atoms with E-state index in [4.69, 9.17) is 10.8 Å². The number of hydrogen-bond donors (Lipinski definition) is 1. The summed E-state index contributed by atoms with van der Waals surface area (Å²) in [5.74, 6) is 8.21. The van der Waals surface area contributed by atoms with E-state index in [-0.39, 0.29) is 5.91 Å². The normalized spacial score (nSPS) is 15.7. The summed E-state index contributed by atoms with van der Waals surface area (Å²) in [4.78, 5) is 23.1. The van der Waals surface area contributed by atoms with Crippen LogP contribution in [0, 0.1) is 0 Å². The summed E-state index contributed by atoms with van der Waals surface area (Å²) in [6, 6.07) is 48.6. The van der Waals surface area contributed by atoms with E-state index in [1.165, 1.54) is 0 Å². The van der Waals surface area contributed by atoms with E-state index >= 15 is 0 Å². The average molecular weight is 674 g/mol. The van der Waals surface area contributed by atoms with E-state index in [0.717, 1.165) is 89.7 Å². The van der Waals surface area contributed by atoms with Crippen molar-refractivity contribution in [1.82, 2.24) is 9.80 Å². The van der Waals surface area contributed by atoms with Gasteiger partial charge in [0, 0.05) is 19.0 Å². The Balaban J connectivity index is 1.25. The molecule has 1 amide bonds. The van der Waals surface area contributed by atoms with E-state index in [1.54, 1.807) is 0 Å². The van der Waals surface area contributed by atoms with Gasteiger partial charge in [-0.05, 0) is 52.6 Å². The van der Waals surface area contributed by atoms with Crippen LogP contribution in [0.15, 0.2) is 150 Å². The van der Waals surface area contributed by atoms with Crippen LogP contribution >= 0.6 is 0 Å². The van der Waals surface area contributed by atoms with Crippen molar-refractivity contribution in [3.05, 3.63) is 167 Å². The van der Waals surface area contributed by atoms with Crippen LogP contribution < -0.4 is 5.84 Å². The predicted octanol–water partition coefficient (Wildman–Crippen LogP) is 9.14. The molecule has 0 aromatic heterocycles. The SMILES string of the molecule is CCCCC1=NC2(CCCC2)C(=O)N1Cc1ccc(-c2ccccc2/C(=N/N)N(C)C(c2ccccc2)(c2ccccc2)c2ccccc2)cc1. The molecule has 0 bridgehead atoms. The fourth-order valence-corrected chi connectivity index (χ4v) is 8.21. The number of benzene rings is 5. The van der Waals surface area contributed by atoms with Gasteiger partial charge < -0.3 is 10.7 Å². The Bertz CT molecular complexity index is 1900. The molecule has 6 heteroatoms. The van der Waals surface area contributed by atoms with Gasteiger partial charge in [-0.1, -0.05) is 166 Å². The number of nitrogens with two attached hydrogens (primary N) is 1. The Hall–Kier alpha value is -5.49. The third-order valence-electron chi connectivity index (χ3n) is 10.8. The molecule has 7 rings (SSSR count). The maximum Gasteiger partial charge on any atom is 0.256 e. The molecule has 5 aromatic carbocycles. The molecule has 0 saturated heterocycles. The van der Waals surface area contributed by atoms with E-state index < -0.39 is 11.1 Å². The van der Waals surface area contributed by atoms with Gasteiger partial charge in [-0.2, -0.15) is 5.10 Å². The number of unbranched alkanes of at least 4 members (excludes halogenated alkanes) is 1. The highest BCUT2D eigenvalue weighted by Gasteiger charge is 2.49. The summed E-state index contributed by atoms with van der Waals surface area (Å²) < 4.78 is 0. The first kappa shape index (κ1) is 34.0. The summed E-state index contributed by atoms with van der Waals surface area (Å²) in [5, 5.41) is 4.53. The summed E-state index contributed by atoms with van der Waals surface area (Å²) in [7, 11) is 2.08. The molecule has 0 unspecified atom stereocenters. The van der Waals surface area contributed by atoms with Gasteiger partial charge in [0.25, 0.3) is 5.91 Å². The topological polar surface area (TPSA) is 74.3 Å². The molecule has 1 aliphatic carbocycles. The molecule has 1 fully saturated rings. The van der Waals surface area contributed by atoms with E-state index in [0.29, 0.717) is 12.4 Å². The molecule has 1 saturated carbocycles. The standard InChI is InChI=1S/C45H47N5O/c1-3-4-26-41-47-44(31-16-17-32-44)43(51)50(41)33-34-27-29-35(30-28-34)39-24-14-15-25-40(39)42(48-46)49(2)45(36-18-8-5-9-19-36,37-20-10-6-11-21-37)38-22-12-7-13-23-38/h5-15,18-25,27-30H,3-4,16-17,26,31-33,46H2,1-2H3/b48-42-. The summed E-state index contributed by atoms with van der Waals surface area (Å²) in [6.45, 7) is 2.73. The lowest BCUT2D eigenvalue weighted by atomic mass is 9.75. The maximum atomic E-state index is 13.8. The lowest BCUT2D eigenvalue weighted by molar-refractivity contribution is -0.131. The maximum absolute atomic E-state index is 13.8. The van der Waals surface area contributed by atoms with Crippen LogP contribution in [-0.4, -0.2) is 40.0 Å². The van der Waals surface area contributed by atoms with E-state index in [9.17, 15) is 4.79 Å². The smallest absolute Gasteiger partial charge is 0.256 e. The first-order valence-electron chi connectivity index (χ1n) is 18.3. The van der Waals surface area contributed by atoms with Crippen LogP contribution in [0.5, 0.6) is 0 Å². The number of hydrazone groups is 1. The van der Waals surface area contributed by atoms with E-state index in [2.05, 4.69) is 139 Å². The lowest BCUT2D eigenvalue weighted by Gasteiger charge is -2.45. The van der Waals surface area contributed by atoms with Crippen LogP contribution in [0.3, 0.4) is 0 Å². The highest BCUT2D eigenvalue weighted by Crippen LogP contribution is 2.44. The number of amidine groups is 2. The van der Waals surface area contributed by atoms with Crippen molar-refractivity contribution < 1.29 is 4.79 Å². The minimum Gasteiger partial charge on any atom is -0.340 e. The zero-order valence-corrected chi connectivity index (χ0v) is 29.7. The van der Waals surface area contributed by atoms with Crippen LogP contribution in [0.2, 0.25) is 0 Å². The Kier molecular flexibility index (Phi) is 9.85. The molecule has 6 nitrogen and oxygen atoms in total. The van der Waals surface area contributed by atoms with Gasteiger partial charge in [0.1, 0.15) is 16.9 Å². The van der Waals surface area contributed by atoms with Crippen molar-refractivity contribution in [2.75, 3.05) is 7.05 Å². The second-order valence-electron chi connectivity index (χ2n) is 13.8. The van der Waals surface area contributed by atoms with Crippen molar-refractivity contribution in [2.24, 2.45) is 15.9 Å². The molecule has 2 aliphatic rings. The number of aliphatic imine (C=N–C) groups is 1. The highest BCUT2D eigenvalue weighted by molar-refractivity contribution is 6.08. The zero-order valence-electron chi connectivity index (χ0n) is 29.7. The number of amides is 1. The molecule has 258 valence electrons. The number of rotatable bonds is 11. The third-order valence-corrected chi connectivity index (χ3v) is 10.8. The first-order valence-corrected chi connectivity index (χ1v) is 18.3. The van der Waals surface area contributed by atoms with Crippen LogP contribution in [0.25, 0.3) is 11.1 Å². The molecular weight excluding hydrogens is 627 g/mol. The van der Waals surface area contributed by atoms with Gasteiger partial charge in [0.2, 0.25) is 0 Å². The monoisotopic (exact) mass is 673 g/mol. The Morgan fingerprint density at radius 2 is 1.31 bits per heavy atom. The third kappa shape index (κ3) is 6.24. The summed E-state index contributed by atoms with van der Waals surface area (Å²) in [5.41, 5.74) is 6.13.